The van der Waals surface area contributed by atoms with Gasteiger partial charge in [0.15, 0.2) is 5.82 Å². The first-order valence-corrected chi connectivity index (χ1v) is 6.62. The van der Waals surface area contributed by atoms with E-state index in [0.29, 0.717) is 6.04 Å². The van der Waals surface area contributed by atoms with Crippen molar-refractivity contribution in [2.75, 3.05) is 11.5 Å². The van der Waals surface area contributed by atoms with E-state index in [1.54, 1.807) is 0 Å². The SMILES string of the molecule is c1ccc(-c2nccn2C2CCSC2)nc1. The Kier molecular flexibility index (Phi) is 2.66. The minimum Gasteiger partial charge on any atom is -0.326 e. The van der Waals surface area contributed by atoms with Crippen molar-refractivity contribution in [1.82, 2.24) is 14.5 Å². The smallest absolute Gasteiger partial charge is 0.158 e. The Morgan fingerprint density at radius 3 is 3.00 bits per heavy atom. The number of hydrogen-bond donors (Lipinski definition) is 0. The zero-order valence-corrected chi connectivity index (χ0v) is 9.73. The van der Waals surface area contributed by atoms with E-state index in [-0.39, 0.29) is 0 Å². The fourth-order valence-electron chi connectivity index (χ4n) is 2.04. The maximum atomic E-state index is 4.42. The van der Waals surface area contributed by atoms with E-state index in [2.05, 4.69) is 20.7 Å². The molecule has 4 heteroatoms. The van der Waals surface area contributed by atoms with Crippen molar-refractivity contribution < 1.29 is 0 Å². The zero-order valence-electron chi connectivity index (χ0n) is 8.91. The van der Waals surface area contributed by atoms with Crippen LogP contribution in [0, 0.1) is 0 Å². The molecule has 1 atom stereocenters. The molecule has 3 heterocycles. The number of thioether (sulfide) groups is 1. The van der Waals surface area contributed by atoms with Gasteiger partial charge in [0.2, 0.25) is 0 Å². The molecular formula is C12H13N3S. The van der Waals surface area contributed by atoms with E-state index in [9.17, 15) is 0 Å². The second-order valence-electron chi connectivity index (χ2n) is 3.89. The third kappa shape index (κ3) is 1.73. The lowest BCUT2D eigenvalue weighted by atomic mass is 10.2. The fraction of sp³-hybridized carbons (Fsp3) is 0.333. The van der Waals surface area contributed by atoms with Gasteiger partial charge in [-0.3, -0.25) is 4.98 Å². The number of hydrogen-bond acceptors (Lipinski definition) is 3. The van der Waals surface area contributed by atoms with Crippen LogP contribution in [0.15, 0.2) is 36.8 Å². The maximum absolute atomic E-state index is 4.42. The molecule has 1 unspecified atom stereocenters. The summed E-state index contributed by atoms with van der Waals surface area (Å²) in [7, 11) is 0. The van der Waals surface area contributed by atoms with Gasteiger partial charge in [-0.1, -0.05) is 6.07 Å². The lowest BCUT2D eigenvalue weighted by Crippen LogP contribution is -2.08. The van der Waals surface area contributed by atoms with Crippen LogP contribution in [0.25, 0.3) is 11.5 Å². The highest BCUT2D eigenvalue weighted by Crippen LogP contribution is 2.30. The van der Waals surface area contributed by atoms with Gasteiger partial charge in [-0.2, -0.15) is 11.8 Å². The Hall–Kier alpha value is -1.29. The Morgan fingerprint density at radius 1 is 1.25 bits per heavy atom. The molecule has 0 N–H and O–H groups in total. The molecular weight excluding hydrogens is 218 g/mol. The van der Waals surface area contributed by atoms with Crippen molar-refractivity contribution in [3.8, 4) is 11.5 Å². The van der Waals surface area contributed by atoms with Crippen molar-refractivity contribution >= 4 is 11.8 Å². The molecule has 0 amide bonds. The van der Waals surface area contributed by atoms with E-state index >= 15 is 0 Å². The molecule has 1 fully saturated rings. The number of rotatable bonds is 2. The van der Waals surface area contributed by atoms with Crippen LogP contribution in [-0.4, -0.2) is 26.0 Å². The minimum atomic E-state index is 0.588. The zero-order chi connectivity index (χ0) is 10.8. The Balaban J connectivity index is 1.99. The molecule has 82 valence electrons. The van der Waals surface area contributed by atoms with Gasteiger partial charge in [0.05, 0.1) is 0 Å². The number of aromatic nitrogens is 3. The van der Waals surface area contributed by atoms with E-state index in [0.717, 1.165) is 11.5 Å². The first-order chi connectivity index (χ1) is 7.95. The summed E-state index contributed by atoms with van der Waals surface area (Å²) in [6.07, 6.45) is 6.99. The van der Waals surface area contributed by atoms with E-state index in [1.165, 1.54) is 17.9 Å². The Bertz CT molecular complexity index is 460. The van der Waals surface area contributed by atoms with Gasteiger partial charge in [-0.15, -0.1) is 0 Å². The molecule has 1 aliphatic rings. The highest BCUT2D eigenvalue weighted by atomic mass is 32.2. The number of nitrogens with zero attached hydrogens (tertiary/aromatic N) is 3. The summed E-state index contributed by atoms with van der Waals surface area (Å²) in [6.45, 7) is 0. The first kappa shape index (κ1) is 9.90. The Labute approximate surface area is 98.9 Å². The van der Waals surface area contributed by atoms with Gasteiger partial charge in [-0.05, 0) is 24.3 Å². The van der Waals surface area contributed by atoms with Gasteiger partial charge < -0.3 is 4.57 Å². The maximum Gasteiger partial charge on any atom is 0.158 e. The summed E-state index contributed by atoms with van der Waals surface area (Å²) < 4.78 is 2.27. The highest BCUT2D eigenvalue weighted by Gasteiger charge is 2.20. The molecule has 3 nitrogen and oxygen atoms in total. The summed E-state index contributed by atoms with van der Waals surface area (Å²) in [5.74, 6) is 3.44. The van der Waals surface area contributed by atoms with Crippen LogP contribution in [0.3, 0.4) is 0 Å². The van der Waals surface area contributed by atoms with Crippen molar-refractivity contribution in [2.45, 2.75) is 12.5 Å². The summed E-state index contributed by atoms with van der Waals surface area (Å²) in [4.78, 5) is 8.79. The third-order valence-electron chi connectivity index (χ3n) is 2.86. The molecule has 0 bridgehead atoms. The van der Waals surface area contributed by atoms with Crippen LogP contribution in [0.4, 0.5) is 0 Å². The average Bonchev–Trinajstić information content (AvgIpc) is 3.01. The molecule has 1 saturated heterocycles. The molecule has 3 rings (SSSR count). The summed E-state index contributed by atoms with van der Waals surface area (Å²) in [5, 5.41) is 0. The number of imidazole rings is 1. The minimum absolute atomic E-state index is 0.588. The lowest BCUT2D eigenvalue weighted by Gasteiger charge is -2.13. The fourth-order valence-corrected chi connectivity index (χ4v) is 3.25. The van der Waals surface area contributed by atoms with Gasteiger partial charge >= 0.3 is 0 Å². The van der Waals surface area contributed by atoms with Crippen LogP contribution < -0.4 is 0 Å². The normalized spacial score (nSPS) is 20.1. The molecule has 2 aromatic rings. The van der Waals surface area contributed by atoms with E-state index in [4.69, 9.17) is 0 Å². The van der Waals surface area contributed by atoms with Gasteiger partial charge in [-0.25, -0.2) is 4.98 Å². The van der Waals surface area contributed by atoms with Gasteiger partial charge in [0.1, 0.15) is 5.69 Å². The van der Waals surface area contributed by atoms with Crippen molar-refractivity contribution in [3.05, 3.63) is 36.8 Å². The predicted octanol–water partition coefficient (Wildman–Crippen LogP) is 2.62. The molecule has 16 heavy (non-hydrogen) atoms. The number of pyridine rings is 1. The van der Waals surface area contributed by atoms with Crippen LogP contribution in [0.1, 0.15) is 12.5 Å². The highest BCUT2D eigenvalue weighted by molar-refractivity contribution is 7.99. The second-order valence-corrected chi connectivity index (χ2v) is 5.04. The van der Waals surface area contributed by atoms with E-state index < -0.39 is 0 Å². The molecule has 0 aromatic carbocycles. The quantitative estimate of drug-likeness (QED) is 0.796. The van der Waals surface area contributed by atoms with Crippen LogP contribution in [0.5, 0.6) is 0 Å². The van der Waals surface area contributed by atoms with E-state index in [1.807, 2.05) is 42.4 Å². The first-order valence-electron chi connectivity index (χ1n) is 5.47. The predicted molar refractivity (Wildman–Crippen MR) is 66.4 cm³/mol. The van der Waals surface area contributed by atoms with Crippen LogP contribution >= 0.6 is 11.8 Å². The molecule has 2 aromatic heterocycles. The molecule has 0 saturated carbocycles. The van der Waals surface area contributed by atoms with Crippen molar-refractivity contribution in [3.63, 3.8) is 0 Å². The third-order valence-corrected chi connectivity index (χ3v) is 4.01. The average molecular weight is 231 g/mol. The summed E-state index contributed by atoms with van der Waals surface area (Å²) in [5.41, 5.74) is 0.962. The van der Waals surface area contributed by atoms with Crippen LogP contribution in [-0.2, 0) is 0 Å². The lowest BCUT2D eigenvalue weighted by molar-refractivity contribution is 0.565. The summed E-state index contributed by atoms with van der Waals surface area (Å²) in [6, 6.07) is 6.54. The second kappa shape index (κ2) is 4.29. The molecule has 0 aliphatic carbocycles. The van der Waals surface area contributed by atoms with Crippen molar-refractivity contribution in [1.29, 1.82) is 0 Å². The Morgan fingerprint density at radius 2 is 2.25 bits per heavy atom. The monoisotopic (exact) mass is 231 g/mol. The van der Waals surface area contributed by atoms with Gasteiger partial charge in [0.25, 0.3) is 0 Å². The summed E-state index contributed by atoms with van der Waals surface area (Å²) >= 11 is 2.02. The standard InChI is InChI=1S/C12H13N3S/c1-2-5-13-11(3-1)12-14-6-7-15(12)10-4-8-16-9-10/h1-3,5-7,10H,4,8-9H2. The molecule has 1 aliphatic heterocycles. The van der Waals surface area contributed by atoms with Crippen LogP contribution in [0.2, 0.25) is 0 Å². The molecule has 0 spiro atoms. The topological polar surface area (TPSA) is 30.7 Å². The molecule has 0 radical (unpaired) electrons. The van der Waals surface area contributed by atoms with Gasteiger partial charge in [0, 0.05) is 30.4 Å². The van der Waals surface area contributed by atoms with Crippen molar-refractivity contribution in [2.24, 2.45) is 0 Å². The largest absolute Gasteiger partial charge is 0.326 e.